The molecule has 0 saturated carbocycles. The average Bonchev–Trinajstić information content (AvgIpc) is 3.43. The molecule has 9 heteroatoms. The van der Waals surface area contributed by atoms with Crippen LogP contribution in [0.5, 0.6) is 11.5 Å². The zero-order chi connectivity index (χ0) is 26.9. The number of fused-ring (bicyclic) bond motifs is 1. The Kier molecular flexibility index (Phi) is 8.71. The number of hydrogen-bond acceptors (Lipinski definition) is 8. The molecule has 0 fully saturated rings. The Bertz CT molecular complexity index is 1380. The number of rotatable bonds is 10. The topological polar surface area (TPSA) is 124 Å². The quantitative estimate of drug-likeness (QED) is 0.328. The molecule has 0 bridgehead atoms. The highest BCUT2D eigenvalue weighted by molar-refractivity contribution is 6.03. The maximum atomic E-state index is 12.7. The van der Waals surface area contributed by atoms with Crippen LogP contribution in [0.3, 0.4) is 0 Å². The maximum Gasteiger partial charge on any atom is 0.256 e. The monoisotopic (exact) mass is 512 g/mol. The van der Waals surface area contributed by atoms with Crippen LogP contribution in [0.2, 0.25) is 0 Å². The molecule has 196 valence electrons. The highest BCUT2D eigenvalue weighted by atomic mass is 16.5. The Labute approximate surface area is 222 Å². The van der Waals surface area contributed by atoms with Gasteiger partial charge in [-0.15, -0.1) is 0 Å². The van der Waals surface area contributed by atoms with E-state index < -0.39 is 0 Å². The first kappa shape index (κ1) is 26.4. The van der Waals surface area contributed by atoms with Gasteiger partial charge in [0.25, 0.3) is 5.91 Å². The Morgan fingerprint density at radius 2 is 2.11 bits per heavy atom. The van der Waals surface area contributed by atoms with E-state index in [0.717, 1.165) is 46.7 Å². The zero-order valence-corrected chi connectivity index (χ0v) is 21.8. The second-order valence-electron chi connectivity index (χ2n) is 8.68. The molecule has 1 aliphatic rings. The number of aromatic nitrogens is 2. The predicted molar refractivity (Wildman–Crippen MR) is 151 cm³/mol. The van der Waals surface area contributed by atoms with Gasteiger partial charge in [0.15, 0.2) is 0 Å². The van der Waals surface area contributed by atoms with Crippen molar-refractivity contribution < 1.29 is 14.3 Å². The van der Waals surface area contributed by atoms with Crippen molar-refractivity contribution in [1.29, 1.82) is 0 Å². The summed E-state index contributed by atoms with van der Waals surface area (Å²) in [5.41, 5.74) is 10.3. The molecule has 2 aromatic heterocycles. The first-order chi connectivity index (χ1) is 18.5. The van der Waals surface area contributed by atoms with Gasteiger partial charge in [-0.05, 0) is 60.9 Å². The summed E-state index contributed by atoms with van der Waals surface area (Å²) in [6.07, 6.45) is 10.4. The molecule has 4 rings (SSSR count). The summed E-state index contributed by atoms with van der Waals surface area (Å²) < 4.78 is 11.1. The number of allylic oxidation sites excluding steroid dienone is 3. The summed E-state index contributed by atoms with van der Waals surface area (Å²) in [6, 6.07) is 10.9. The largest absolute Gasteiger partial charge is 0.495 e. The average molecular weight is 513 g/mol. The highest BCUT2D eigenvalue weighted by Gasteiger charge is 2.22. The third-order valence-electron chi connectivity index (χ3n) is 5.97. The van der Waals surface area contributed by atoms with Crippen molar-refractivity contribution in [3.63, 3.8) is 0 Å². The lowest BCUT2D eigenvalue weighted by Gasteiger charge is -2.13. The van der Waals surface area contributed by atoms with Gasteiger partial charge in [-0.1, -0.05) is 19.1 Å². The third-order valence-corrected chi connectivity index (χ3v) is 5.97. The summed E-state index contributed by atoms with van der Waals surface area (Å²) in [5, 5.41) is 6.22. The van der Waals surface area contributed by atoms with Crippen LogP contribution in [-0.2, 0) is 13.0 Å². The van der Waals surface area contributed by atoms with Crippen molar-refractivity contribution in [2.75, 3.05) is 24.4 Å². The Morgan fingerprint density at radius 1 is 1.24 bits per heavy atom. The minimum absolute atomic E-state index is 0.237. The highest BCUT2D eigenvalue weighted by Crippen LogP contribution is 2.37. The van der Waals surface area contributed by atoms with Crippen LogP contribution < -0.4 is 25.8 Å². The normalized spacial score (nSPS) is 13.2. The number of carbonyl (C=O) groups excluding carboxylic acids is 1. The van der Waals surface area contributed by atoms with Gasteiger partial charge in [0, 0.05) is 42.1 Å². The number of nitrogens with zero attached hydrogens (tertiary/aromatic N) is 3. The van der Waals surface area contributed by atoms with Gasteiger partial charge in [-0.2, -0.15) is 0 Å². The summed E-state index contributed by atoms with van der Waals surface area (Å²) in [7, 11) is 1.57. The van der Waals surface area contributed by atoms with E-state index in [1.54, 1.807) is 37.7 Å². The molecule has 1 aliphatic heterocycles. The minimum atomic E-state index is -0.237. The van der Waals surface area contributed by atoms with Crippen molar-refractivity contribution >= 4 is 29.3 Å². The van der Waals surface area contributed by atoms with Gasteiger partial charge in [0.2, 0.25) is 0 Å². The number of amides is 1. The maximum absolute atomic E-state index is 12.7. The van der Waals surface area contributed by atoms with E-state index in [1.165, 1.54) is 0 Å². The van der Waals surface area contributed by atoms with Crippen molar-refractivity contribution in [2.24, 2.45) is 10.7 Å². The van der Waals surface area contributed by atoms with Crippen LogP contribution >= 0.6 is 0 Å². The lowest BCUT2D eigenvalue weighted by atomic mass is 10.0. The first-order valence-electron chi connectivity index (χ1n) is 12.4. The SMILES string of the molecule is CC/C=C(N)/N=C\C=C(/C)c1cnc(NCc2cccc(C(=O)Nc3ccc(OC)cn3)c2)c2c1OCC2. The second-order valence-corrected chi connectivity index (χ2v) is 8.68. The number of nitrogens with two attached hydrogens (primary N) is 1. The summed E-state index contributed by atoms with van der Waals surface area (Å²) in [4.78, 5) is 25.8. The molecule has 3 aromatic rings. The summed E-state index contributed by atoms with van der Waals surface area (Å²) in [6.45, 7) is 5.12. The van der Waals surface area contributed by atoms with Crippen molar-refractivity contribution in [1.82, 2.24) is 9.97 Å². The van der Waals surface area contributed by atoms with Crippen LogP contribution in [0.4, 0.5) is 11.6 Å². The molecule has 0 atom stereocenters. The zero-order valence-electron chi connectivity index (χ0n) is 21.8. The second kappa shape index (κ2) is 12.5. The van der Waals surface area contributed by atoms with Gasteiger partial charge in [-0.25, -0.2) is 15.0 Å². The Balaban J connectivity index is 1.44. The van der Waals surface area contributed by atoms with E-state index >= 15 is 0 Å². The van der Waals surface area contributed by atoms with Crippen LogP contribution in [0.15, 0.2) is 71.8 Å². The molecule has 4 N–H and O–H groups in total. The van der Waals surface area contributed by atoms with Gasteiger partial charge < -0.3 is 25.8 Å². The van der Waals surface area contributed by atoms with Crippen LogP contribution in [0.1, 0.15) is 47.3 Å². The fourth-order valence-corrected chi connectivity index (χ4v) is 3.98. The summed E-state index contributed by atoms with van der Waals surface area (Å²) in [5.74, 6) is 2.95. The van der Waals surface area contributed by atoms with Gasteiger partial charge in [-0.3, -0.25) is 4.79 Å². The molecule has 1 aromatic carbocycles. The molecule has 9 nitrogen and oxygen atoms in total. The molecular formula is C29H32N6O3. The minimum Gasteiger partial charge on any atom is -0.495 e. The number of carbonyl (C=O) groups is 1. The van der Waals surface area contributed by atoms with E-state index in [0.29, 0.717) is 36.1 Å². The molecule has 1 amide bonds. The van der Waals surface area contributed by atoms with E-state index in [4.69, 9.17) is 15.2 Å². The van der Waals surface area contributed by atoms with Crippen LogP contribution in [0, 0.1) is 0 Å². The number of aliphatic imine (C=N–C) groups is 1. The molecule has 3 heterocycles. The molecule has 0 aliphatic carbocycles. The smallest absolute Gasteiger partial charge is 0.256 e. The molecule has 0 saturated heterocycles. The lowest BCUT2D eigenvalue weighted by molar-refractivity contribution is 0.102. The van der Waals surface area contributed by atoms with Crippen molar-refractivity contribution in [2.45, 2.75) is 33.2 Å². The van der Waals surface area contributed by atoms with Crippen molar-refractivity contribution in [3.05, 3.63) is 89.0 Å². The Hall–Kier alpha value is -4.66. The number of methoxy groups -OCH3 is 1. The molecule has 38 heavy (non-hydrogen) atoms. The standard InChI is InChI=1S/C29H32N6O3/c1-4-6-25(30)31-13-11-19(2)24-18-34-28(23-12-14-38-27(23)24)33-16-20-7-5-8-21(15-20)29(36)35-26-10-9-22(37-3)17-32-26/h5-11,13,15,17-18H,4,12,14,16,30H2,1-3H3,(H,33,34)(H,32,35,36)/b19-11+,25-6+,31-13-. The third kappa shape index (κ3) is 6.56. The number of nitrogens with one attached hydrogen (secondary N) is 2. The van der Waals surface area contributed by atoms with Gasteiger partial charge >= 0.3 is 0 Å². The van der Waals surface area contributed by atoms with Crippen LogP contribution in [-0.4, -0.2) is 35.8 Å². The van der Waals surface area contributed by atoms with E-state index in [9.17, 15) is 4.79 Å². The van der Waals surface area contributed by atoms with E-state index in [-0.39, 0.29) is 5.91 Å². The molecule has 0 spiro atoms. The van der Waals surface area contributed by atoms with E-state index in [2.05, 4.69) is 25.6 Å². The molecule has 0 radical (unpaired) electrons. The van der Waals surface area contributed by atoms with Crippen molar-refractivity contribution in [3.8, 4) is 11.5 Å². The van der Waals surface area contributed by atoms with Gasteiger partial charge in [0.05, 0.1) is 19.9 Å². The number of pyridine rings is 2. The number of anilines is 2. The lowest BCUT2D eigenvalue weighted by Crippen LogP contribution is -2.13. The Morgan fingerprint density at radius 3 is 2.87 bits per heavy atom. The fraction of sp³-hybridized carbons (Fsp3) is 0.241. The van der Waals surface area contributed by atoms with Crippen LogP contribution in [0.25, 0.3) is 5.57 Å². The van der Waals surface area contributed by atoms with Gasteiger partial charge in [0.1, 0.15) is 29.0 Å². The summed E-state index contributed by atoms with van der Waals surface area (Å²) >= 11 is 0. The number of benzene rings is 1. The number of ether oxygens (including phenoxy) is 2. The predicted octanol–water partition coefficient (Wildman–Crippen LogP) is 4.97. The fourth-order valence-electron chi connectivity index (χ4n) is 3.98. The molecule has 0 unspecified atom stereocenters. The first-order valence-corrected chi connectivity index (χ1v) is 12.4. The molecular weight excluding hydrogens is 480 g/mol. The van der Waals surface area contributed by atoms with E-state index in [1.807, 2.05) is 50.4 Å². The number of hydrogen-bond donors (Lipinski definition) is 3.